The molecule has 0 aliphatic rings. The second-order valence-corrected chi connectivity index (χ2v) is 7.49. The van der Waals surface area contributed by atoms with Gasteiger partial charge in [-0.2, -0.15) is 0 Å². The van der Waals surface area contributed by atoms with Crippen LogP contribution in [0.2, 0.25) is 5.02 Å². The lowest BCUT2D eigenvalue weighted by atomic mass is 10.0. The van der Waals surface area contributed by atoms with E-state index in [4.69, 9.17) is 21.1 Å². The summed E-state index contributed by atoms with van der Waals surface area (Å²) in [6.07, 6.45) is 3.57. The van der Waals surface area contributed by atoms with Crippen LogP contribution in [0, 0.1) is 0 Å². The fourth-order valence-corrected chi connectivity index (χ4v) is 3.30. The minimum Gasteiger partial charge on any atom is -0.497 e. The van der Waals surface area contributed by atoms with Crippen LogP contribution >= 0.6 is 11.6 Å². The molecule has 0 bridgehead atoms. The Bertz CT molecular complexity index is 1060. The molecule has 168 valence electrons. The van der Waals surface area contributed by atoms with Crippen molar-refractivity contribution < 1.29 is 19.1 Å². The van der Waals surface area contributed by atoms with Crippen LogP contribution in [0.25, 0.3) is 0 Å². The zero-order valence-corrected chi connectivity index (χ0v) is 18.8. The Morgan fingerprint density at radius 3 is 2.31 bits per heavy atom. The molecule has 3 rings (SSSR count). The van der Waals surface area contributed by atoms with Crippen LogP contribution in [0.1, 0.15) is 34.2 Å². The SMILES string of the molecule is COc1cc(OC)cc([C@@H](NC(=O)CCNC(=O)c2ccc(Cl)cc2)c2nccn2C)c1. The van der Waals surface area contributed by atoms with Gasteiger partial charge in [0.15, 0.2) is 0 Å². The van der Waals surface area contributed by atoms with Crippen LogP contribution in [0.5, 0.6) is 11.5 Å². The number of hydrogen-bond acceptors (Lipinski definition) is 5. The second-order valence-electron chi connectivity index (χ2n) is 7.06. The summed E-state index contributed by atoms with van der Waals surface area (Å²) < 4.78 is 12.6. The van der Waals surface area contributed by atoms with Gasteiger partial charge in [-0.3, -0.25) is 9.59 Å². The molecule has 1 heterocycles. The average Bonchev–Trinajstić information content (AvgIpc) is 3.22. The summed E-state index contributed by atoms with van der Waals surface area (Å²) in [7, 11) is 4.98. The molecule has 8 nitrogen and oxygen atoms in total. The maximum absolute atomic E-state index is 12.7. The maximum atomic E-state index is 12.7. The molecule has 32 heavy (non-hydrogen) atoms. The van der Waals surface area contributed by atoms with Gasteiger partial charge in [0.05, 0.1) is 14.2 Å². The highest BCUT2D eigenvalue weighted by molar-refractivity contribution is 6.30. The summed E-state index contributed by atoms with van der Waals surface area (Å²) in [4.78, 5) is 29.3. The molecule has 0 fully saturated rings. The number of amides is 2. The van der Waals surface area contributed by atoms with Gasteiger partial charge in [0.25, 0.3) is 5.91 Å². The number of halogens is 1. The van der Waals surface area contributed by atoms with E-state index in [0.717, 1.165) is 5.56 Å². The Labute approximate surface area is 191 Å². The lowest BCUT2D eigenvalue weighted by molar-refractivity contribution is -0.121. The number of imidazole rings is 1. The van der Waals surface area contributed by atoms with Crippen molar-refractivity contribution in [2.24, 2.45) is 7.05 Å². The lowest BCUT2D eigenvalue weighted by Gasteiger charge is -2.20. The third-order valence-electron chi connectivity index (χ3n) is 4.87. The molecule has 0 aliphatic carbocycles. The summed E-state index contributed by atoms with van der Waals surface area (Å²) in [5.74, 6) is 1.34. The summed E-state index contributed by atoms with van der Waals surface area (Å²) in [5.41, 5.74) is 1.23. The minimum atomic E-state index is -0.529. The first kappa shape index (κ1) is 23.1. The van der Waals surface area contributed by atoms with Gasteiger partial charge in [-0.05, 0) is 42.0 Å². The maximum Gasteiger partial charge on any atom is 0.251 e. The van der Waals surface area contributed by atoms with Crippen LogP contribution in [0.4, 0.5) is 0 Å². The summed E-state index contributed by atoms with van der Waals surface area (Å²) >= 11 is 5.85. The molecule has 2 aromatic carbocycles. The summed E-state index contributed by atoms with van der Waals surface area (Å²) in [5, 5.41) is 6.29. The van der Waals surface area contributed by atoms with Crippen molar-refractivity contribution in [3.8, 4) is 11.5 Å². The highest BCUT2D eigenvalue weighted by Gasteiger charge is 2.22. The van der Waals surface area contributed by atoms with E-state index >= 15 is 0 Å². The first-order chi connectivity index (χ1) is 15.4. The smallest absolute Gasteiger partial charge is 0.251 e. The molecule has 0 unspecified atom stereocenters. The van der Waals surface area contributed by atoms with Gasteiger partial charge in [0.2, 0.25) is 5.91 Å². The molecule has 3 aromatic rings. The fourth-order valence-electron chi connectivity index (χ4n) is 3.17. The molecule has 0 aliphatic heterocycles. The minimum absolute atomic E-state index is 0.0986. The van der Waals surface area contributed by atoms with Gasteiger partial charge in [-0.25, -0.2) is 4.98 Å². The predicted octanol–water partition coefficient (Wildman–Crippen LogP) is 3.12. The van der Waals surface area contributed by atoms with E-state index in [1.54, 1.807) is 56.9 Å². The Kier molecular flexibility index (Phi) is 7.72. The monoisotopic (exact) mass is 456 g/mol. The van der Waals surface area contributed by atoms with Crippen molar-refractivity contribution in [3.63, 3.8) is 0 Å². The molecule has 0 spiro atoms. The standard InChI is InChI=1S/C23H25ClN4O4/c1-28-11-10-25-22(28)21(16-12-18(31-2)14-19(13-16)32-3)27-20(29)8-9-26-23(30)15-4-6-17(24)7-5-15/h4-7,10-14,21H,8-9H2,1-3H3,(H,26,30)(H,27,29)/t21-/m1/s1. The van der Waals surface area contributed by atoms with E-state index < -0.39 is 6.04 Å². The van der Waals surface area contributed by atoms with Crippen LogP contribution in [-0.2, 0) is 11.8 Å². The normalized spacial score (nSPS) is 11.5. The fraction of sp³-hybridized carbons (Fsp3) is 0.261. The van der Waals surface area contributed by atoms with Gasteiger partial charge in [-0.1, -0.05) is 11.6 Å². The molecule has 2 N–H and O–H groups in total. The van der Waals surface area contributed by atoms with Gasteiger partial charge < -0.3 is 24.7 Å². The molecule has 9 heteroatoms. The Balaban J connectivity index is 1.70. The van der Waals surface area contributed by atoms with Crippen molar-refractivity contribution >= 4 is 23.4 Å². The van der Waals surface area contributed by atoms with E-state index in [2.05, 4.69) is 15.6 Å². The summed E-state index contributed by atoms with van der Waals surface area (Å²) in [6, 6.07) is 11.4. The third-order valence-corrected chi connectivity index (χ3v) is 5.13. The molecule has 0 saturated heterocycles. The molecular weight excluding hydrogens is 432 g/mol. The lowest BCUT2D eigenvalue weighted by Crippen LogP contribution is -2.34. The molecule has 1 atom stereocenters. The van der Waals surface area contributed by atoms with Crippen LogP contribution in [-0.4, -0.2) is 42.1 Å². The van der Waals surface area contributed by atoms with E-state index in [-0.39, 0.29) is 24.8 Å². The van der Waals surface area contributed by atoms with Gasteiger partial charge in [0, 0.05) is 49.1 Å². The van der Waals surface area contributed by atoms with Gasteiger partial charge >= 0.3 is 0 Å². The number of aromatic nitrogens is 2. The van der Waals surface area contributed by atoms with Crippen molar-refractivity contribution in [2.45, 2.75) is 12.5 Å². The van der Waals surface area contributed by atoms with Crippen molar-refractivity contribution in [1.82, 2.24) is 20.2 Å². The number of nitrogens with one attached hydrogen (secondary N) is 2. The number of carbonyl (C=O) groups is 2. The van der Waals surface area contributed by atoms with Crippen LogP contribution in [0.15, 0.2) is 54.9 Å². The average molecular weight is 457 g/mol. The number of hydrogen-bond donors (Lipinski definition) is 2. The number of nitrogens with zero attached hydrogens (tertiary/aromatic N) is 2. The quantitative estimate of drug-likeness (QED) is 0.516. The number of carbonyl (C=O) groups excluding carboxylic acids is 2. The largest absolute Gasteiger partial charge is 0.497 e. The summed E-state index contributed by atoms with van der Waals surface area (Å²) in [6.45, 7) is 0.183. The highest BCUT2D eigenvalue weighted by atomic mass is 35.5. The Hall–Kier alpha value is -3.52. The van der Waals surface area contributed by atoms with E-state index in [1.807, 2.05) is 23.7 Å². The second kappa shape index (κ2) is 10.7. The molecule has 1 aromatic heterocycles. The van der Waals surface area contributed by atoms with Gasteiger partial charge in [-0.15, -0.1) is 0 Å². The van der Waals surface area contributed by atoms with Gasteiger partial charge in [0.1, 0.15) is 23.4 Å². The zero-order chi connectivity index (χ0) is 23.1. The first-order valence-corrected chi connectivity index (χ1v) is 10.3. The highest BCUT2D eigenvalue weighted by Crippen LogP contribution is 2.29. The number of rotatable bonds is 9. The van der Waals surface area contributed by atoms with E-state index in [1.165, 1.54) is 0 Å². The van der Waals surface area contributed by atoms with Crippen LogP contribution < -0.4 is 20.1 Å². The zero-order valence-electron chi connectivity index (χ0n) is 18.1. The molecular formula is C23H25ClN4O4. The molecule has 2 amide bonds. The Morgan fingerprint density at radius 2 is 1.75 bits per heavy atom. The van der Waals surface area contributed by atoms with E-state index in [0.29, 0.717) is 27.9 Å². The number of methoxy groups -OCH3 is 2. The van der Waals surface area contributed by atoms with Crippen molar-refractivity contribution in [2.75, 3.05) is 20.8 Å². The van der Waals surface area contributed by atoms with Crippen LogP contribution in [0.3, 0.4) is 0 Å². The van der Waals surface area contributed by atoms with Crippen molar-refractivity contribution in [3.05, 3.63) is 76.8 Å². The topological polar surface area (TPSA) is 94.5 Å². The third kappa shape index (κ3) is 5.79. The number of aryl methyl sites for hydroxylation is 1. The number of ether oxygens (including phenoxy) is 2. The molecule has 0 radical (unpaired) electrons. The Morgan fingerprint density at radius 1 is 1.09 bits per heavy atom. The predicted molar refractivity (Wildman–Crippen MR) is 121 cm³/mol. The number of benzene rings is 2. The van der Waals surface area contributed by atoms with Crippen molar-refractivity contribution in [1.29, 1.82) is 0 Å². The molecule has 0 saturated carbocycles. The van der Waals surface area contributed by atoms with E-state index in [9.17, 15) is 9.59 Å². The first-order valence-electron chi connectivity index (χ1n) is 9.94.